The summed E-state index contributed by atoms with van der Waals surface area (Å²) in [4.78, 5) is 17.5. The number of carbonyl (C=O) groups excluding carboxylic acids is 1. The summed E-state index contributed by atoms with van der Waals surface area (Å²) in [6.07, 6.45) is 0.678. The zero-order valence-corrected chi connectivity index (χ0v) is 16.4. The molecule has 27 heavy (non-hydrogen) atoms. The number of aromatic nitrogens is 1. The molecule has 140 valence electrons. The van der Waals surface area contributed by atoms with Crippen LogP contribution in [0.4, 0.5) is 5.69 Å². The van der Waals surface area contributed by atoms with E-state index in [1.807, 2.05) is 43.3 Å². The molecule has 3 rings (SSSR count). The highest BCUT2D eigenvalue weighted by Gasteiger charge is 2.20. The Kier molecular flexibility index (Phi) is 6.19. The number of nitrogens with one attached hydrogen (secondary N) is 1. The van der Waals surface area contributed by atoms with Gasteiger partial charge in [-0.3, -0.25) is 4.79 Å². The van der Waals surface area contributed by atoms with Gasteiger partial charge in [0.25, 0.3) is 0 Å². The van der Waals surface area contributed by atoms with Crippen molar-refractivity contribution in [1.82, 2.24) is 4.98 Å². The van der Waals surface area contributed by atoms with Gasteiger partial charge < -0.3 is 14.8 Å². The summed E-state index contributed by atoms with van der Waals surface area (Å²) < 4.78 is 10.6. The number of hydrogen-bond acceptors (Lipinski definition) is 5. The number of fused-ring (bicyclic) bond motifs is 1. The molecule has 1 atom stereocenters. The lowest BCUT2D eigenvalue weighted by Crippen LogP contribution is -2.25. The van der Waals surface area contributed by atoms with Gasteiger partial charge in [0.05, 0.1) is 35.7 Å². The number of rotatable bonds is 7. The van der Waals surface area contributed by atoms with Gasteiger partial charge in [0.15, 0.2) is 0 Å². The quantitative estimate of drug-likeness (QED) is 0.597. The summed E-state index contributed by atoms with van der Waals surface area (Å²) in [5, 5.41) is 4.59. The van der Waals surface area contributed by atoms with Crippen LogP contribution in [0.3, 0.4) is 0 Å². The van der Waals surface area contributed by atoms with Crippen molar-refractivity contribution in [3.63, 3.8) is 0 Å². The second-order valence-electron chi connectivity index (χ2n) is 5.91. The number of thioether (sulfide) groups is 1. The molecule has 0 saturated heterocycles. The van der Waals surface area contributed by atoms with Crippen LogP contribution in [0.15, 0.2) is 59.6 Å². The Labute approximate surface area is 163 Å². The highest BCUT2D eigenvalue weighted by Crippen LogP contribution is 2.31. The molecule has 0 radical (unpaired) electrons. The minimum Gasteiger partial charge on any atom is -0.497 e. The molecular formula is C21H22N2O3S. The Morgan fingerprint density at radius 3 is 2.67 bits per heavy atom. The SMILES string of the molecule is CCC(Sc1ccc2ccccc2n1)C(=O)Nc1cc(OC)ccc1OC. The van der Waals surface area contributed by atoms with Gasteiger partial charge in [-0.15, -0.1) is 0 Å². The highest BCUT2D eigenvalue weighted by atomic mass is 32.2. The zero-order valence-electron chi connectivity index (χ0n) is 15.6. The van der Waals surface area contributed by atoms with E-state index in [-0.39, 0.29) is 11.2 Å². The number of methoxy groups -OCH3 is 2. The summed E-state index contributed by atoms with van der Waals surface area (Å²) in [5.41, 5.74) is 1.51. The van der Waals surface area contributed by atoms with E-state index in [0.717, 1.165) is 15.9 Å². The molecule has 0 bridgehead atoms. The molecular weight excluding hydrogens is 360 g/mol. The average molecular weight is 382 g/mol. The predicted molar refractivity (Wildman–Crippen MR) is 110 cm³/mol. The number of carbonyl (C=O) groups is 1. The maximum Gasteiger partial charge on any atom is 0.238 e. The number of para-hydroxylation sites is 1. The molecule has 0 saturated carbocycles. The predicted octanol–water partition coefficient (Wildman–Crippen LogP) is 4.76. The molecule has 1 unspecified atom stereocenters. The van der Waals surface area contributed by atoms with Gasteiger partial charge in [-0.05, 0) is 30.7 Å². The summed E-state index contributed by atoms with van der Waals surface area (Å²) >= 11 is 1.46. The number of ether oxygens (including phenoxy) is 2. The van der Waals surface area contributed by atoms with Crippen molar-refractivity contribution in [3.05, 3.63) is 54.6 Å². The van der Waals surface area contributed by atoms with E-state index < -0.39 is 0 Å². The highest BCUT2D eigenvalue weighted by molar-refractivity contribution is 8.00. The van der Waals surface area contributed by atoms with Crippen molar-refractivity contribution in [2.24, 2.45) is 0 Å². The van der Waals surface area contributed by atoms with Crippen LogP contribution in [0.25, 0.3) is 10.9 Å². The Morgan fingerprint density at radius 2 is 1.93 bits per heavy atom. The maximum absolute atomic E-state index is 12.8. The van der Waals surface area contributed by atoms with E-state index in [2.05, 4.69) is 10.3 Å². The van der Waals surface area contributed by atoms with Crippen LogP contribution in [0.2, 0.25) is 0 Å². The Hall–Kier alpha value is -2.73. The van der Waals surface area contributed by atoms with Crippen LogP contribution in [0.5, 0.6) is 11.5 Å². The molecule has 1 heterocycles. The number of hydrogen-bond donors (Lipinski definition) is 1. The number of nitrogens with zero attached hydrogens (tertiary/aromatic N) is 1. The minimum absolute atomic E-state index is 0.0935. The van der Waals surface area contributed by atoms with E-state index in [0.29, 0.717) is 23.6 Å². The second kappa shape index (κ2) is 8.77. The molecule has 0 aliphatic carbocycles. The standard InChI is InChI=1S/C21H22N2O3S/c1-4-19(27-20-12-9-14-7-5-6-8-16(14)22-20)21(24)23-17-13-15(25-2)10-11-18(17)26-3/h5-13,19H,4H2,1-3H3,(H,23,24). The third-order valence-corrected chi connectivity index (χ3v) is 5.46. The maximum atomic E-state index is 12.8. The van der Waals surface area contributed by atoms with Crippen LogP contribution in [-0.4, -0.2) is 30.4 Å². The van der Waals surface area contributed by atoms with Crippen LogP contribution >= 0.6 is 11.8 Å². The monoisotopic (exact) mass is 382 g/mol. The van der Waals surface area contributed by atoms with Crippen LogP contribution in [0.1, 0.15) is 13.3 Å². The Balaban J connectivity index is 1.77. The normalized spacial score (nSPS) is 11.8. The fourth-order valence-corrected chi connectivity index (χ4v) is 3.63. The molecule has 0 aliphatic heterocycles. The molecule has 2 aromatic carbocycles. The molecule has 0 fully saturated rings. The van der Waals surface area contributed by atoms with Crippen molar-refractivity contribution in [2.45, 2.75) is 23.6 Å². The molecule has 6 heteroatoms. The number of pyridine rings is 1. The fraction of sp³-hybridized carbons (Fsp3) is 0.238. The molecule has 1 amide bonds. The molecule has 3 aromatic rings. The molecule has 1 N–H and O–H groups in total. The molecule has 0 spiro atoms. The van der Waals surface area contributed by atoms with Gasteiger partial charge >= 0.3 is 0 Å². The van der Waals surface area contributed by atoms with Crippen molar-refractivity contribution < 1.29 is 14.3 Å². The summed E-state index contributed by atoms with van der Waals surface area (Å²) in [7, 11) is 3.16. The fourth-order valence-electron chi connectivity index (χ4n) is 2.71. The first-order valence-electron chi connectivity index (χ1n) is 8.70. The lowest BCUT2D eigenvalue weighted by Gasteiger charge is -2.16. The van der Waals surface area contributed by atoms with E-state index in [4.69, 9.17) is 9.47 Å². The van der Waals surface area contributed by atoms with Crippen LogP contribution in [0, 0.1) is 0 Å². The van der Waals surface area contributed by atoms with Gasteiger partial charge in [0, 0.05) is 11.5 Å². The van der Waals surface area contributed by atoms with Gasteiger partial charge in [-0.2, -0.15) is 0 Å². The van der Waals surface area contributed by atoms with E-state index in [9.17, 15) is 4.79 Å². The third-order valence-electron chi connectivity index (χ3n) is 4.16. The second-order valence-corrected chi connectivity index (χ2v) is 7.14. The summed E-state index contributed by atoms with van der Waals surface area (Å²) in [6.45, 7) is 1.99. The molecule has 0 aliphatic rings. The van der Waals surface area contributed by atoms with E-state index in [1.54, 1.807) is 32.4 Å². The summed E-state index contributed by atoms with van der Waals surface area (Å²) in [6, 6.07) is 17.2. The largest absolute Gasteiger partial charge is 0.497 e. The lowest BCUT2D eigenvalue weighted by atomic mass is 10.2. The number of benzene rings is 2. The van der Waals surface area contributed by atoms with Crippen molar-refractivity contribution in [1.29, 1.82) is 0 Å². The van der Waals surface area contributed by atoms with Crippen molar-refractivity contribution in [3.8, 4) is 11.5 Å². The van der Waals surface area contributed by atoms with Gasteiger partial charge in [0.2, 0.25) is 5.91 Å². The molecule has 5 nitrogen and oxygen atoms in total. The first kappa shape index (κ1) is 19.0. The topological polar surface area (TPSA) is 60.5 Å². The average Bonchev–Trinajstić information content (AvgIpc) is 2.71. The molecule has 1 aromatic heterocycles. The lowest BCUT2D eigenvalue weighted by molar-refractivity contribution is -0.115. The first-order chi connectivity index (χ1) is 13.1. The van der Waals surface area contributed by atoms with Crippen molar-refractivity contribution >= 4 is 34.3 Å². The van der Waals surface area contributed by atoms with E-state index in [1.165, 1.54) is 11.8 Å². The zero-order chi connectivity index (χ0) is 19.2. The first-order valence-corrected chi connectivity index (χ1v) is 9.58. The Morgan fingerprint density at radius 1 is 1.11 bits per heavy atom. The number of amides is 1. The summed E-state index contributed by atoms with van der Waals surface area (Å²) in [5.74, 6) is 1.15. The van der Waals surface area contributed by atoms with Crippen molar-refractivity contribution in [2.75, 3.05) is 19.5 Å². The van der Waals surface area contributed by atoms with E-state index >= 15 is 0 Å². The van der Waals surface area contributed by atoms with Gasteiger partial charge in [-0.25, -0.2) is 4.98 Å². The van der Waals surface area contributed by atoms with Crippen LogP contribution < -0.4 is 14.8 Å². The van der Waals surface area contributed by atoms with Gasteiger partial charge in [-0.1, -0.05) is 43.0 Å². The number of anilines is 1. The minimum atomic E-state index is -0.269. The van der Waals surface area contributed by atoms with Crippen LogP contribution in [-0.2, 0) is 4.79 Å². The third kappa shape index (κ3) is 4.52. The Bertz CT molecular complexity index is 946. The van der Waals surface area contributed by atoms with Gasteiger partial charge in [0.1, 0.15) is 11.5 Å². The smallest absolute Gasteiger partial charge is 0.238 e.